The number of amides is 2. The highest BCUT2D eigenvalue weighted by Gasteiger charge is 2.52. The molecule has 1 aliphatic heterocycles. The van der Waals surface area contributed by atoms with E-state index in [9.17, 15) is 24.6 Å². The number of para-hydroxylation sites is 1. The second-order valence-electron chi connectivity index (χ2n) is 11.7. The number of aromatic amines is 1. The van der Waals surface area contributed by atoms with Crippen LogP contribution in [0.25, 0.3) is 16.6 Å². The third-order valence-corrected chi connectivity index (χ3v) is 9.17. The van der Waals surface area contributed by atoms with Gasteiger partial charge in [-0.2, -0.15) is 0 Å². The number of nitrogens with zero attached hydrogens (tertiary/aromatic N) is 3. The van der Waals surface area contributed by atoms with Crippen molar-refractivity contribution in [2.75, 3.05) is 18.1 Å². The lowest BCUT2D eigenvalue weighted by atomic mass is 9.83. The topological polar surface area (TPSA) is 119 Å². The Balaban J connectivity index is 1.19. The highest BCUT2D eigenvalue weighted by Crippen LogP contribution is 2.46. The van der Waals surface area contributed by atoms with E-state index in [4.69, 9.17) is 0 Å². The standard InChI is InChI=1S/C37H35BrN4O5/c1-25(8-7-13-34(44)40(20-21-43)23-26-9-3-2-4-10-26)37(47)31-22-28(38)16-19-33(31)41(36(37)46)24-27-14-17-29(18-15-27)42-35(45)30-11-5-6-12-32(30)39-42/h2-12,14-19,22,25,39,43,47H,13,20-21,23-24H2,1H3/b8-7+/t25-,37+/m1/s1. The van der Waals surface area contributed by atoms with E-state index < -0.39 is 17.4 Å². The molecule has 0 saturated heterocycles. The van der Waals surface area contributed by atoms with Crippen LogP contribution in [0.1, 0.15) is 30.0 Å². The summed E-state index contributed by atoms with van der Waals surface area (Å²) in [5, 5.41) is 25.3. The molecule has 2 heterocycles. The van der Waals surface area contributed by atoms with Gasteiger partial charge >= 0.3 is 0 Å². The summed E-state index contributed by atoms with van der Waals surface area (Å²) in [7, 11) is 0. The Morgan fingerprint density at radius 3 is 2.43 bits per heavy atom. The summed E-state index contributed by atoms with van der Waals surface area (Å²) < 4.78 is 2.22. The summed E-state index contributed by atoms with van der Waals surface area (Å²) in [6.07, 6.45) is 3.44. The van der Waals surface area contributed by atoms with Crippen LogP contribution in [0.2, 0.25) is 0 Å². The van der Waals surface area contributed by atoms with Crippen LogP contribution < -0.4 is 10.5 Å². The minimum Gasteiger partial charge on any atom is -0.395 e. The molecule has 6 rings (SSSR count). The van der Waals surface area contributed by atoms with E-state index in [1.165, 1.54) is 4.68 Å². The Bertz CT molecular complexity index is 2000. The van der Waals surface area contributed by atoms with Crippen molar-refractivity contribution in [1.82, 2.24) is 14.7 Å². The fourth-order valence-corrected chi connectivity index (χ4v) is 6.47. The molecule has 0 bridgehead atoms. The Labute approximate surface area is 280 Å². The molecule has 240 valence electrons. The van der Waals surface area contributed by atoms with E-state index in [1.54, 1.807) is 41.0 Å². The number of carbonyl (C=O) groups excluding carboxylic acids is 2. The van der Waals surface area contributed by atoms with E-state index in [2.05, 4.69) is 21.0 Å². The normalized spacial score (nSPS) is 16.6. The predicted molar refractivity (Wildman–Crippen MR) is 185 cm³/mol. The molecular formula is C37H35BrN4O5. The molecule has 0 spiro atoms. The number of H-pyrrole nitrogens is 1. The van der Waals surface area contributed by atoms with E-state index in [0.29, 0.717) is 28.9 Å². The molecule has 0 aliphatic carbocycles. The first-order valence-electron chi connectivity index (χ1n) is 15.4. The molecule has 5 aromatic rings. The fourth-order valence-electron chi connectivity index (χ4n) is 6.11. The maximum absolute atomic E-state index is 14.0. The quantitative estimate of drug-likeness (QED) is 0.160. The molecule has 10 heteroatoms. The summed E-state index contributed by atoms with van der Waals surface area (Å²) >= 11 is 3.49. The first kappa shape index (κ1) is 32.2. The van der Waals surface area contributed by atoms with Crippen LogP contribution in [0.5, 0.6) is 0 Å². The van der Waals surface area contributed by atoms with Gasteiger partial charge in [0.15, 0.2) is 5.60 Å². The minimum atomic E-state index is -1.86. The maximum atomic E-state index is 14.0. The van der Waals surface area contributed by atoms with Crippen molar-refractivity contribution in [3.8, 4) is 5.69 Å². The van der Waals surface area contributed by atoms with Crippen LogP contribution in [0.4, 0.5) is 5.69 Å². The van der Waals surface area contributed by atoms with Gasteiger partial charge in [0, 0.05) is 35.5 Å². The zero-order valence-corrected chi connectivity index (χ0v) is 27.4. The number of rotatable bonds is 11. The smallest absolute Gasteiger partial charge is 0.279 e. The number of halogens is 1. The highest BCUT2D eigenvalue weighted by molar-refractivity contribution is 9.10. The van der Waals surface area contributed by atoms with Gasteiger partial charge < -0.3 is 20.0 Å². The van der Waals surface area contributed by atoms with Crippen molar-refractivity contribution in [2.24, 2.45) is 5.92 Å². The van der Waals surface area contributed by atoms with Gasteiger partial charge in [-0.25, -0.2) is 4.68 Å². The van der Waals surface area contributed by atoms with Gasteiger partial charge in [-0.1, -0.05) is 89.6 Å². The van der Waals surface area contributed by atoms with Crippen LogP contribution in [-0.4, -0.2) is 49.9 Å². The molecule has 47 heavy (non-hydrogen) atoms. The van der Waals surface area contributed by atoms with Crippen molar-refractivity contribution >= 4 is 44.3 Å². The number of aliphatic hydroxyl groups is 2. The van der Waals surface area contributed by atoms with E-state index >= 15 is 0 Å². The van der Waals surface area contributed by atoms with Gasteiger partial charge in [0.05, 0.1) is 35.4 Å². The number of nitrogens with one attached hydrogen (secondary N) is 1. The predicted octanol–water partition coefficient (Wildman–Crippen LogP) is 5.42. The number of hydrogen-bond acceptors (Lipinski definition) is 5. The number of aromatic nitrogens is 2. The zero-order chi connectivity index (χ0) is 33.1. The summed E-state index contributed by atoms with van der Waals surface area (Å²) in [6.45, 7) is 2.40. The molecule has 0 saturated carbocycles. The summed E-state index contributed by atoms with van der Waals surface area (Å²) in [5.74, 6) is -1.28. The Hall–Kier alpha value is -4.77. The molecule has 2 amide bonds. The van der Waals surface area contributed by atoms with Crippen LogP contribution in [0.3, 0.4) is 0 Å². The monoisotopic (exact) mass is 694 g/mol. The zero-order valence-electron chi connectivity index (χ0n) is 25.8. The van der Waals surface area contributed by atoms with Crippen LogP contribution in [0, 0.1) is 5.92 Å². The van der Waals surface area contributed by atoms with Crippen LogP contribution >= 0.6 is 15.9 Å². The molecule has 0 radical (unpaired) electrons. The summed E-state index contributed by atoms with van der Waals surface area (Å²) in [6, 6.07) is 29.7. The lowest BCUT2D eigenvalue weighted by molar-refractivity contribution is -0.139. The van der Waals surface area contributed by atoms with Crippen molar-refractivity contribution in [3.63, 3.8) is 0 Å². The van der Waals surface area contributed by atoms with E-state index in [0.717, 1.165) is 21.1 Å². The third kappa shape index (κ3) is 6.32. The molecule has 0 fully saturated rings. The molecule has 2 atom stereocenters. The average molecular weight is 696 g/mol. The van der Waals surface area contributed by atoms with Crippen LogP contribution in [-0.2, 0) is 28.3 Å². The van der Waals surface area contributed by atoms with Crippen molar-refractivity contribution < 1.29 is 19.8 Å². The van der Waals surface area contributed by atoms with Crippen molar-refractivity contribution in [2.45, 2.75) is 32.0 Å². The Kier molecular flexibility index (Phi) is 9.26. The minimum absolute atomic E-state index is 0.0578. The summed E-state index contributed by atoms with van der Waals surface area (Å²) in [4.78, 5) is 43.2. The molecule has 3 N–H and O–H groups in total. The molecule has 1 aliphatic rings. The van der Waals surface area contributed by atoms with Gasteiger partial charge in [0.25, 0.3) is 11.5 Å². The first-order valence-corrected chi connectivity index (χ1v) is 16.2. The molecule has 0 unspecified atom stereocenters. The summed E-state index contributed by atoms with van der Waals surface area (Å²) in [5.41, 5.74) is 2.27. The van der Waals surface area contributed by atoms with Gasteiger partial charge in [-0.05, 0) is 53.6 Å². The first-order chi connectivity index (χ1) is 22.7. The Morgan fingerprint density at radius 2 is 1.70 bits per heavy atom. The maximum Gasteiger partial charge on any atom is 0.279 e. The molecule has 1 aromatic heterocycles. The number of carbonyl (C=O) groups is 2. The average Bonchev–Trinajstić information content (AvgIpc) is 3.52. The third-order valence-electron chi connectivity index (χ3n) is 8.67. The van der Waals surface area contributed by atoms with Gasteiger partial charge in [0.1, 0.15) is 0 Å². The second kappa shape index (κ2) is 13.5. The lowest BCUT2D eigenvalue weighted by Crippen LogP contribution is -2.44. The largest absolute Gasteiger partial charge is 0.395 e. The number of hydrogen-bond donors (Lipinski definition) is 3. The lowest BCUT2D eigenvalue weighted by Gasteiger charge is -2.28. The number of benzene rings is 4. The number of anilines is 1. The molecule has 4 aromatic carbocycles. The van der Waals surface area contributed by atoms with E-state index in [1.807, 2.05) is 84.9 Å². The number of aliphatic hydroxyl groups excluding tert-OH is 1. The van der Waals surface area contributed by atoms with Crippen molar-refractivity contribution in [3.05, 3.63) is 141 Å². The number of fused-ring (bicyclic) bond motifs is 2. The molecular weight excluding hydrogens is 660 g/mol. The molecule has 9 nitrogen and oxygen atoms in total. The van der Waals surface area contributed by atoms with Gasteiger partial charge in [0.2, 0.25) is 5.91 Å². The SMILES string of the molecule is C[C@H](/C=C/CC(=O)N(CCO)Cc1ccccc1)[C@@]1(O)C(=O)N(Cc2ccc(-n3[nH]c4ccccc4c3=O)cc2)c2ccc(Br)cc21. The van der Waals surface area contributed by atoms with Gasteiger partial charge in [-0.3, -0.25) is 19.5 Å². The van der Waals surface area contributed by atoms with Crippen molar-refractivity contribution in [1.29, 1.82) is 0 Å². The second-order valence-corrected chi connectivity index (χ2v) is 12.6. The fraction of sp³-hybridized carbons (Fsp3) is 0.216. The highest BCUT2D eigenvalue weighted by atomic mass is 79.9. The van der Waals surface area contributed by atoms with E-state index in [-0.39, 0.29) is 37.6 Å². The van der Waals surface area contributed by atoms with Gasteiger partial charge in [-0.15, -0.1) is 0 Å². The van der Waals surface area contributed by atoms with Crippen LogP contribution in [0.15, 0.2) is 118 Å². The Morgan fingerprint density at radius 1 is 0.979 bits per heavy atom.